The van der Waals surface area contributed by atoms with Gasteiger partial charge in [-0.05, 0) is 68.4 Å². The second kappa shape index (κ2) is 6.77. The van der Waals surface area contributed by atoms with E-state index in [4.69, 9.17) is 0 Å². The van der Waals surface area contributed by atoms with Crippen molar-refractivity contribution in [1.29, 1.82) is 0 Å². The molecule has 0 radical (unpaired) electrons. The minimum absolute atomic E-state index is 0.138. The van der Waals surface area contributed by atoms with E-state index >= 15 is 0 Å². The molecule has 1 aliphatic carbocycles. The van der Waals surface area contributed by atoms with Gasteiger partial charge in [0.1, 0.15) is 5.00 Å². The summed E-state index contributed by atoms with van der Waals surface area (Å²) in [6, 6.07) is 5.89. The SMILES string of the molecule is CC(=O)Nc1sc2c(c1C(=O)Nc1ccc(C)c(C)c1)CCCC2. The summed E-state index contributed by atoms with van der Waals surface area (Å²) in [7, 11) is 0. The minimum atomic E-state index is -0.145. The lowest BCUT2D eigenvalue weighted by atomic mass is 9.95. The molecule has 2 N–H and O–H groups in total. The van der Waals surface area contributed by atoms with Crippen molar-refractivity contribution in [2.45, 2.75) is 46.5 Å². The van der Waals surface area contributed by atoms with Gasteiger partial charge in [-0.2, -0.15) is 0 Å². The number of carbonyl (C=O) groups excluding carboxylic acids is 2. The Kier molecular flexibility index (Phi) is 4.71. The molecule has 3 rings (SSSR count). The number of hydrogen-bond acceptors (Lipinski definition) is 3. The van der Waals surface area contributed by atoms with E-state index in [0.717, 1.165) is 42.5 Å². The van der Waals surface area contributed by atoms with Crippen molar-refractivity contribution in [2.24, 2.45) is 0 Å². The van der Waals surface area contributed by atoms with Gasteiger partial charge in [-0.25, -0.2) is 0 Å². The number of thiophene rings is 1. The van der Waals surface area contributed by atoms with Crippen LogP contribution in [0.1, 0.15) is 51.7 Å². The predicted molar refractivity (Wildman–Crippen MR) is 99.1 cm³/mol. The Labute approximate surface area is 146 Å². The molecule has 126 valence electrons. The Bertz CT molecular complexity index is 808. The van der Waals surface area contributed by atoms with Crippen LogP contribution in [0.4, 0.5) is 10.7 Å². The van der Waals surface area contributed by atoms with Gasteiger partial charge >= 0.3 is 0 Å². The number of aryl methyl sites for hydroxylation is 3. The smallest absolute Gasteiger partial charge is 0.258 e. The van der Waals surface area contributed by atoms with Crippen LogP contribution >= 0.6 is 11.3 Å². The van der Waals surface area contributed by atoms with E-state index in [9.17, 15) is 9.59 Å². The highest BCUT2D eigenvalue weighted by Gasteiger charge is 2.26. The number of carbonyl (C=O) groups is 2. The summed E-state index contributed by atoms with van der Waals surface area (Å²) in [4.78, 5) is 25.6. The van der Waals surface area contributed by atoms with Crippen molar-refractivity contribution in [3.05, 3.63) is 45.3 Å². The topological polar surface area (TPSA) is 58.2 Å². The Balaban J connectivity index is 1.94. The lowest BCUT2D eigenvalue weighted by Gasteiger charge is -2.13. The quantitative estimate of drug-likeness (QED) is 0.865. The average molecular weight is 342 g/mol. The molecule has 1 aromatic heterocycles. The molecule has 4 nitrogen and oxygen atoms in total. The minimum Gasteiger partial charge on any atom is -0.322 e. The third kappa shape index (κ3) is 3.36. The summed E-state index contributed by atoms with van der Waals surface area (Å²) in [5.74, 6) is -0.282. The number of fused-ring (bicyclic) bond motifs is 1. The van der Waals surface area contributed by atoms with Crippen molar-refractivity contribution >= 4 is 33.8 Å². The monoisotopic (exact) mass is 342 g/mol. The molecule has 0 saturated carbocycles. The van der Waals surface area contributed by atoms with Gasteiger partial charge in [-0.15, -0.1) is 11.3 Å². The first kappa shape index (κ1) is 16.7. The lowest BCUT2D eigenvalue weighted by molar-refractivity contribution is -0.114. The number of benzene rings is 1. The molecule has 2 aromatic rings. The number of anilines is 2. The number of rotatable bonds is 3. The van der Waals surface area contributed by atoms with Crippen LogP contribution in [0.25, 0.3) is 0 Å². The molecule has 0 saturated heterocycles. The van der Waals surface area contributed by atoms with Gasteiger partial charge in [0, 0.05) is 17.5 Å². The van der Waals surface area contributed by atoms with Crippen LogP contribution in [0.3, 0.4) is 0 Å². The third-order valence-corrected chi connectivity index (χ3v) is 5.66. The maximum absolute atomic E-state index is 12.9. The highest BCUT2D eigenvalue weighted by Crippen LogP contribution is 2.38. The van der Waals surface area contributed by atoms with Gasteiger partial charge in [-0.3, -0.25) is 9.59 Å². The predicted octanol–water partition coefficient (Wildman–Crippen LogP) is 4.45. The second-order valence-corrected chi connectivity index (χ2v) is 7.45. The van der Waals surface area contributed by atoms with Gasteiger partial charge in [0.05, 0.1) is 5.56 Å². The molecule has 2 amide bonds. The Hall–Kier alpha value is -2.14. The van der Waals surface area contributed by atoms with Crippen LogP contribution < -0.4 is 10.6 Å². The van der Waals surface area contributed by atoms with Crippen LogP contribution in [-0.4, -0.2) is 11.8 Å². The first-order valence-corrected chi connectivity index (χ1v) is 9.08. The van der Waals surface area contributed by atoms with E-state index in [1.807, 2.05) is 32.0 Å². The van der Waals surface area contributed by atoms with Crippen LogP contribution in [0.2, 0.25) is 0 Å². The van der Waals surface area contributed by atoms with Gasteiger partial charge < -0.3 is 10.6 Å². The fourth-order valence-corrected chi connectivity index (χ4v) is 4.40. The molecule has 1 heterocycles. The zero-order chi connectivity index (χ0) is 17.3. The molecule has 0 spiro atoms. The maximum atomic E-state index is 12.9. The van der Waals surface area contributed by atoms with Gasteiger partial charge in [0.2, 0.25) is 5.91 Å². The third-order valence-electron chi connectivity index (χ3n) is 4.45. The molecule has 0 bridgehead atoms. The van der Waals surface area contributed by atoms with Crippen LogP contribution in [0.5, 0.6) is 0 Å². The van der Waals surface area contributed by atoms with Crippen LogP contribution in [-0.2, 0) is 17.6 Å². The van der Waals surface area contributed by atoms with E-state index in [1.165, 1.54) is 17.4 Å². The lowest BCUT2D eigenvalue weighted by Crippen LogP contribution is -2.17. The van der Waals surface area contributed by atoms with Crippen molar-refractivity contribution in [3.8, 4) is 0 Å². The summed E-state index contributed by atoms with van der Waals surface area (Å²) in [6.45, 7) is 5.55. The highest BCUT2D eigenvalue weighted by molar-refractivity contribution is 7.17. The molecule has 1 aromatic carbocycles. The first-order chi connectivity index (χ1) is 11.5. The molecular formula is C19H22N2O2S. The largest absolute Gasteiger partial charge is 0.322 e. The van der Waals surface area contributed by atoms with Gasteiger partial charge in [0.25, 0.3) is 5.91 Å². The van der Waals surface area contributed by atoms with Gasteiger partial charge in [-0.1, -0.05) is 6.07 Å². The molecule has 5 heteroatoms. The number of nitrogens with one attached hydrogen (secondary N) is 2. The average Bonchev–Trinajstić information content (AvgIpc) is 2.88. The summed E-state index contributed by atoms with van der Waals surface area (Å²) in [5, 5.41) is 6.51. The molecule has 0 atom stereocenters. The molecule has 0 fully saturated rings. The van der Waals surface area contributed by atoms with Crippen LogP contribution in [0.15, 0.2) is 18.2 Å². The van der Waals surface area contributed by atoms with Crippen molar-refractivity contribution < 1.29 is 9.59 Å². The fraction of sp³-hybridized carbons (Fsp3) is 0.368. The second-order valence-electron chi connectivity index (χ2n) is 6.35. The maximum Gasteiger partial charge on any atom is 0.258 e. The summed E-state index contributed by atoms with van der Waals surface area (Å²) < 4.78 is 0. The van der Waals surface area contributed by atoms with Crippen molar-refractivity contribution in [3.63, 3.8) is 0 Å². The Morgan fingerprint density at radius 3 is 2.50 bits per heavy atom. The van der Waals surface area contributed by atoms with E-state index in [-0.39, 0.29) is 11.8 Å². The Morgan fingerprint density at radius 1 is 1.04 bits per heavy atom. The summed E-state index contributed by atoms with van der Waals surface area (Å²) in [5.41, 5.74) is 4.87. The molecule has 24 heavy (non-hydrogen) atoms. The molecule has 0 unspecified atom stereocenters. The number of amides is 2. The zero-order valence-corrected chi connectivity index (χ0v) is 15.1. The highest BCUT2D eigenvalue weighted by atomic mass is 32.1. The van der Waals surface area contributed by atoms with E-state index < -0.39 is 0 Å². The van der Waals surface area contributed by atoms with E-state index in [1.54, 1.807) is 11.3 Å². The first-order valence-electron chi connectivity index (χ1n) is 8.26. The summed E-state index contributed by atoms with van der Waals surface area (Å²) in [6.07, 6.45) is 4.13. The Morgan fingerprint density at radius 2 is 1.79 bits per heavy atom. The standard InChI is InChI=1S/C19H22N2O2S/c1-11-8-9-14(10-12(11)2)21-18(23)17-15-6-4-5-7-16(15)24-19(17)20-13(3)22/h8-10H,4-7H2,1-3H3,(H,20,22)(H,21,23). The van der Waals surface area contributed by atoms with E-state index in [0.29, 0.717) is 10.6 Å². The molecule has 0 aliphatic heterocycles. The van der Waals surface area contributed by atoms with Crippen molar-refractivity contribution in [1.82, 2.24) is 0 Å². The number of hydrogen-bond donors (Lipinski definition) is 2. The normalized spacial score (nSPS) is 13.3. The molecular weight excluding hydrogens is 320 g/mol. The zero-order valence-electron chi connectivity index (χ0n) is 14.3. The van der Waals surface area contributed by atoms with Gasteiger partial charge in [0.15, 0.2) is 0 Å². The van der Waals surface area contributed by atoms with Crippen molar-refractivity contribution in [2.75, 3.05) is 10.6 Å². The van der Waals surface area contributed by atoms with Crippen LogP contribution in [0, 0.1) is 13.8 Å². The fourth-order valence-electron chi connectivity index (χ4n) is 3.07. The summed E-state index contributed by atoms with van der Waals surface area (Å²) >= 11 is 1.54. The molecule has 1 aliphatic rings. The van der Waals surface area contributed by atoms with E-state index in [2.05, 4.69) is 10.6 Å².